The Kier molecular flexibility index (Phi) is 3.40. The van der Waals surface area contributed by atoms with Crippen LogP contribution in [-0.4, -0.2) is 34.4 Å². The lowest BCUT2D eigenvalue weighted by Gasteiger charge is -2.28. The van der Waals surface area contributed by atoms with Crippen molar-refractivity contribution in [1.82, 2.24) is 20.1 Å². The standard InChI is InChI=1S/C14H21N5/c1-11-6-12(8-16-7-11)13-9-17-19(10-13)14-2-4-18(15)5-3-14/h6,8-10,14,16H,2-5,7,15H2,1H3. The highest BCUT2D eigenvalue weighted by molar-refractivity contribution is 5.74. The third kappa shape index (κ3) is 2.72. The second kappa shape index (κ2) is 5.19. The van der Waals surface area contributed by atoms with E-state index in [-0.39, 0.29) is 0 Å². The molecule has 3 heterocycles. The van der Waals surface area contributed by atoms with Crippen molar-refractivity contribution in [3.63, 3.8) is 0 Å². The van der Waals surface area contributed by atoms with Gasteiger partial charge in [0.1, 0.15) is 0 Å². The smallest absolute Gasteiger partial charge is 0.0568 e. The zero-order valence-corrected chi connectivity index (χ0v) is 11.3. The molecule has 0 aliphatic carbocycles. The molecule has 1 aromatic rings. The fraction of sp³-hybridized carbons (Fsp3) is 0.500. The molecule has 3 rings (SSSR count). The third-order valence-electron chi connectivity index (χ3n) is 3.85. The second-order valence-electron chi connectivity index (χ2n) is 5.45. The summed E-state index contributed by atoms with van der Waals surface area (Å²) in [7, 11) is 0. The molecule has 2 aliphatic heterocycles. The van der Waals surface area contributed by atoms with Crippen LogP contribution in [0.1, 0.15) is 31.4 Å². The summed E-state index contributed by atoms with van der Waals surface area (Å²) in [6.45, 7) is 4.97. The summed E-state index contributed by atoms with van der Waals surface area (Å²) < 4.78 is 2.10. The third-order valence-corrected chi connectivity index (χ3v) is 3.85. The van der Waals surface area contributed by atoms with Crippen LogP contribution in [0.15, 0.2) is 30.2 Å². The van der Waals surface area contributed by atoms with Crippen molar-refractivity contribution in [2.45, 2.75) is 25.8 Å². The number of nitrogens with two attached hydrogens (primary N) is 1. The van der Waals surface area contributed by atoms with E-state index in [2.05, 4.69) is 40.5 Å². The monoisotopic (exact) mass is 259 g/mol. The van der Waals surface area contributed by atoms with E-state index in [1.165, 1.54) is 16.7 Å². The number of hydrazine groups is 1. The molecule has 5 nitrogen and oxygen atoms in total. The van der Waals surface area contributed by atoms with E-state index in [9.17, 15) is 0 Å². The molecule has 0 bridgehead atoms. The summed E-state index contributed by atoms with van der Waals surface area (Å²) >= 11 is 0. The normalized spacial score (nSPS) is 21.8. The van der Waals surface area contributed by atoms with Gasteiger partial charge in [-0.25, -0.2) is 5.01 Å². The van der Waals surface area contributed by atoms with Gasteiger partial charge in [-0.05, 0) is 19.8 Å². The van der Waals surface area contributed by atoms with Gasteiger partial charge in [-0.2, -0.15) is 5.10 Å². The van der Waals surface area contributed by atoms with Gasteiger partial charge in [0.2, 0.25) is 0 Å². The molecule has 102 valence electrons. The van der Waals surface area contributed by atoms with Crippen molar-refractivity contribution in [3.05, 3.63) is 35.8 Å². The van der Waals surface area contributed by atoms with Gasteiger partial charge in [0, 0.05) is 43.2 Å². The van der Waals surface area contributed by atoms with Gasteiger partial charge in [0.15, 0.2) is 0 Å². The van der Waals surface area contributed by atoms with Gasteiger partial charge < -0.3 is 5.32 Å². The quantitative estimate of drug-likeness (QED) is 0.786. The lowest BCUT2D eigenvalue weighted by Crippen LogP contribution is -2.39. The van der Waals surface area contributed by atoms with E-state index >= 15 is 0 Å². The molecule has 1 saturated heterocycles. The van der Waals surface area contributed by atoms with Crippen molar-refractivity contribution in [2.75, 3.05) is 19.6 Å². The van der Waals surface area contributed by atoms with Crippen LogP contribution in [-0.2, 0) is 0 Å². The summed E-state index contributed by atoms with van der Waals surface area (Å²) in [5.41, 5.74) is 3.75. The largest absolute Gasteiger partial charge is 0.387 e. The number of allylic oxidation sites excluding steroid dienone is 2. The van der Waals surface area contributed by atoms with Crippen LogP contribution >= 0.6 is 0 Å². The molecule has 0 amide bonds. The SMILES string of the molecule is CC1=CC(c2cnn(C3CCN(N)CC3)c2)=CNC1. The number of dihydropyridines is 1. The molecular weight excluding hydrogens is 238 g/mol. The minimum atomic E-state index is 0.482. The average Bonchev–Trinajstić information content (AvgIpc) is 2.89. The van der Waals surface area contributed by atoms with Gasteiger partial charge in [-0.3, -0.25) is 10.5 Å². The van der Waals surface area contributed by atoms with Gasteiger partial charge >= 0.3 is 0 Å². The molecule has 0 unspecified atom stereocenters. The molecule has 19 heavy (non-hydrogen) atoms. The summed E-state index contributed by atoms with van der Waals surface area (Å²) in [5.74, 6) is 5.79. The lowest BCUT2D eigenvalue weighted by molar-refractivity contribution is 0.183. The van der Waals surface area contributed by atoms with Crippen molar-refractivity contribution in [2.24, 2.45) is 5.84 Å². The van der Waals surface area contributed by atoms with E-state index in [1.807, 2.05) is 11.2 Å². The number of nitrogens with one attached hydrogen (secondary N) is 1. The molecule has 0 aromatic carbocycles. The van der Waals surface area contributed by atoms with Crippen molar-refractivity contribution >= 4 is 5.57 Å². The molecule has 0 radical (unpaired) electrons. The zero-order valence-electron chi connectivity index (χ0n) is 11.3. The molecular formula is C14H21N5. The van der Waals surface area contributed by atoms with Gasteiger partial charge in [-0.1, -0.05) is 11.6 Å². The summed E-state index contributed by atoms with van der Waals surface area (Å²) in [5, 5.41) is 9.70. The molecule has 0 saturated carbocycles. The van der Waals surface area contributed by atoms with Crippen LogP contribution in [0.4, 0.5) is 0 Å². The minimum Gasteiger partial charge on any atom is -0.387 e. The maximum Gasteiger partial charge on any atom is 0.0568 e. The zero-order chi connectivity index (χ0) is 13.2. The van der Waals surface area contributed by atoms with E-state index in [4.69, 9.17) is 5.84 Å². The molecule has 2 aliphatic rings. The van der Waals surface area contributed by atoms with Gasteiger partial charge in [-0.15, -0.1) is 0 Å². The fourth-order valence-corrected chi connectivity index (χ4v) is 2.68. The van der Waals surface area contributed by atoms with Gasteiger partial charge in [0.05, 0.1) is 12.2 Å². The highest BCUT2D eigenvalue weighted by Crippen LogP contribution is 2.24. The molecule has 3 N–H and O–H groups in total. The fourth-order valence-electron chi connectivity index (χ4n) is 2.68. The first kappa shape index (κ1) is 12.4. The molecule has 5 heteroatoms. The van der Waals surface area contributed by atoms with E-state index in [1.54, 1.807) is 0 Å². The van der Waals surface area contributed by atoms with Crippen LogP contribution in [0.5, 0.6) is 0 Å². The number of rotatable bonds is 2. The maximum absolute atomic E-state index is 5.79. The van der Waals surface area contributed by atoms with Crippen LogP contribution in [0, 0.1) is 0 Å². The predicted molar refractivity (Wildman–Crippen MR) is 76.0 cm³/mol. The first-order chi connectivity index (χ1) is 9.22. The highest BCUT2D eigenvalue weighted by Gasteiger charge is 2.19. The van der Waals surface area contributed by atoms with E-state index in [0.717, 1.165) is 32.5 Å². The van der Waals surface area contributed by atoms with Crippen LogP contribution in [0.2, 0.25) is 0 Å². The first-order valence-corrected chi connectivity index (χ1v) is 6.87. The number of piperidine rings is 1. The molecule has 1 aromatic heterocycles. The number of hydrogen-bond donors (Lipinski definition) is 2. The Bertz CT molecular complexity index is 506. The summed E-state index contributed by atoms with van der Waals surface area (Å²) in [6.07, 6.45) is 10.5. The Hall–Kier alpha value is -1.59. The van der Waals surface area contributed by atoms with Crippen molar-refractivity contribution in [3.8, 4) is 0 Å². The van der Waals surface area contributed by atoms with Crippen molar-refractivity contribution in [1.29, 1.82) is 0 Å². The van der Waals surface area contributed by atoms with E-state index in [0.29, 0.717) is 6.04 Å². The average molecular weight is 259 g/mol. The Balaban J connectivity index is 1.75. The highest BCUT2D eigenvalue weighted by atomic mass is 15.4. The number of hydrogen-bond acceptors (Lipinski definition) is 4. The number of aromatic nitrogens is 2. The molecule has 1 fully saturated rings. The Morgan fingerprint density at radius 2 is 2.16 bits per heavy atom. The number of nitrogens with zero attached hydrogens (tertiary/aromatic N) is 3. The predicted octanol–water partition coefficient (Wildman–Crippen LogP) is 1.28. The molecule has 0 spiro atoms. The minimum absolute atomic E-state index is 0.482. The second-order valence-corrected chi connectivity index (χ2v) is 5.45. The Morgan fingerprint density at radius 3 is 2.89 bits per heavy atom. The van der Waals surface area contributed by atoms with E-state index < -0.39 is 0 Å². The van der Waals surface area contributed by atoms with Crippen LogP contribution in [0.25, 0.3) is 5.57 Å². The maximum atomic E-state index is 5.79. The van der Waals surface area contributed by atoms with Crippen LogP contribution in [0.3, 0.4) is 0 Å². The summed E-state index contributed by atoms with van der Waals surface area (Å²) in [6, 6.07) is 0.482. The first-order valence-electron chi connectivity index (χ1n) is 6.87. The van der Waals surface area contributed by atoms with Crippen molar-refractivity contribution < 1.29 is 0 Å². The Morgan fingerprint density at radius 1 is 1.37 bits per heavy atom. The molecule has 0 atom stereocenters. The van der Waals surface area contributed by atoms with Crippen LogP contribution < -0.4 is 11.2 Å². The topological polar surface area (TPSA) is 59.1 Å². The summed E-state index contributed by atoms with van der Waals surface area (Å²) in [4.78, 5) is 0. The van der Waals surface area contributed by atoms with Gasteiger partial charge in [0.25, 0.3) is 0 Å². The Labute approximate surface area is 113 Å². The lowest BCUT2D eigenvalue weighted by atomic mass is 10.0.